The molecule has 1 aliphatic heterocycles. The van der Waals surface area contributed by atoms with Crippen LogP contribution in [0.1, 0.15) is 41.6 Å². The average Bonchev–Trinajstić information content (AvgIpc) is 3.25. The molecule has 1 fully saturated rings. The molecule has 2 aliphatic rings. The minimum atomic E-state index is -0.000968. The Morgan fingerprint density at radius 2 is 2.16 bits per heavy atom. The SMILES string of the molecule is Cn1ccnc1SC1CCC(NC(=O)c2cccc3c2OCC3)CC1. The van der Waals surface area contributed by atoms with Crippen molar-refractivity contribution < 1.29 is 9.53 Å². The molecule has 0 atom stereocenters. The predicted octanol–water partition coefficient (Wildman–Crippen LogP) is 3.19. The lowest BCUT2D eigenvalue weighted by Gasteiger charge is -2.28. The molecule has 0 unspecified atom stereocenters. The third kappa shape index (κ3) is 3.54. The Hall–Kier alpha value is -1.95. The number of amides is 1. The maximum atomic E-state index is 12.6. The number of thioether (sulfide) groups is 1. The molecule has 1 saturated carbocycles. The summed E-state index contributed by atoms with van der Waals surface area (Å²) in [6.07, 6.45) is 8.96. The van der Waals surface area contributed by atoms with Crippen LogP contribution in [0.15, 0.2) is 35.7 Å². The van der Waals surface area contributed by atoms with Gasteiger partial charge < -0.3 is 14.6 Å². The van der Waals surface area contributed by atoms with Crippen molar-refractivity contribution in [3.8, 4) is 5.75 Å². The van der Waals surface area contributed by atoms with Crippen molar-refractivity contribution in [3.63, 3.8) is 0 Å². The Morgan fingerprint density at radius 1 is 1.32 bits per heavy atom. The number of carbonyl (C=O) groups excluding carboxylic acids is 1. The number of nitrogens with zero attached hydrogens (tertiary/aromatic N) is 2. The van der Waals surface area contributed by atoms with E-state index < -0.39 is 0 Å². The van der Waals surface area contributed by atoms with Gasteiger partial charge in [0.15, 0.2) is 5.16 Å². The van der Waals surface area contributed by atoms with Gasteiger partial charge in [-0.3, -0.25) is 4.79 Å². The van der Waals surface area contributed by atoms with Crippen LogP contribution in [0.5, 0.6) is 5.75 Å². The average molecular weight is 357 g/mol. The Balaban J connectivity index is 1.32. The van der Waals surface area contributed by atoms with Gasteiger partial charge in [0.2, 0.25) is 0 Å². The normalized spacial score (nSPS) is 22.3. The third-order valence-electron chi connectivity index (χ3n) is 5.02. The van der Waals surface area contributed by atoms with E-state index in [1.54, 1.807) is 0 Å². The zero-order valence-electron chi connectivity index (χ0n) is 14.4. The van der Waals surface area contributed by atoms with Crippen LogP contribution in [0.4, 0.5) is 0 Å². The summed E-state index contributed by atoms with van der Waals surface area (Å²) in [4.78, 5) is 17.0. The van der Waals surface area contributed by atoms with Gasteiger partial charge in [-0.05, 0) is 37.3 Å². The second kappa shape index (κ2) is 7.12. The van der Waals surface area contributed by atoms with E-state index in [-0.39, 0.29) is 11.9 Å². The number of para-hydroxylation sites is 1. The largest absolute Gasteiger partial charge is 0.492 e. The molecule has 1 amide bonds. The topological polar surface area (TPSA) is 56.2 Å². The molecule has 2 heterocycles. The first-order valence-corrected chi connectivity index (χ1v) is 9.78. The van der Waals surface area contributed by atoms with Crippen LogP contribution in [0.2, 0.25) is 0 Å². The number of nitrogens with one attached hydrogen (secondary N) is 1. The Morgan fingerprint density at radius 3 is 2.92 bits per heavy atom. The minimum absolute atomic E-state index is 0.000968. The zero-order valence-corrected chi connectivity index (χ0v) is 15.2. The van der Waals surface area contributed by atoms with E-state index in [0.29, 0.717) is 17.4 Å². The van der Waals surface area contributed by atoms with E-state index in [0.717, 1.165) is 48.6 Å². The van der Waals surface area contributed by atoms with Crippen LogP contribution >= 0.6 is 11.8 Å². The van der Waals surface area contributed by atoms with Gasteiger partial charge in [0.05, 0.1) is 12.2 Å². The molecule has 1 aliphatic carbocycles. The summed E-state index contributed by atoms with van der Waals surface area (Å²) in [5.41, 5.74) is 1.82. The first-order valence-electron chi connectivity index (χ1n) is 8.90. The molecule has 25 heavy (non-hydrogen) atoms. The third-order valence-corrected chi connectivity index (χ3v) is 6.43. The summed E-state index contributed by atoms with van der Waals surface area (Å²) in [6, 6.07) is 6.10. The number of hydrogen-bond acceptors (Lipinski definition) is 4. The maximum absolute atomic E-state index is 12.6. The van der Waals surface area contributed by atoms with Gasteiger partial charge >= 0.3 is 0 Å². The fourth-order valence-electron chi connectivity index (χ4n) is 3.60. The van der Waals surface area contributed by atoms with Crippen LogP contribution in [0, 0.1) is 0 Å². The minimum Gasteiger partial charge on any atom is -0.492 e. The van der Waals surface area contributed by atoms with Gasteiger partial charge in [-0.25, -0.2) is 4.98 Å². The first-order chi connectivity index (χ1) is 12.2. The second-order valence-electron chi connectivity index (χ2n) is 6.78. The lowest BCUT2D eigenvalue weighted by molar-refractivity contribution is 0.0925. The second-order valence-corrected chi connectivity index (χ2v) is 8.05. The van der Waals surface area contributed by atoms with Crippen molar-refractivity contribution in [2.24, 2.45) is 7.05 Å². The van der Waals surface area contributed by atoms with E-state index in [2.05, 4.69) is 14.9 Å². The van der Waals surface area contributed by atoms with Crippen LogP contribution in [0.25, 0.3) is 0 Å². The lowest BCUT2D eigenvalue weighted by Crippen LogP contribution is -2.38. The van der Waals surface area contributed by atoms with Gasteiger partial charge in [-0.2, -0.15) is 0 Å². The molecule has 4 rings (SSSR count). The van der Waals surface area contributed by atoms with Crippen molar-refractivity contribution >= 4 is 17.7 Å². The number of rotatable bonds is 4. The van der Waals surface area contributed by atoms with Crippen LogP contribution in [-0.4, -0.2) is 33.4 Å². The van der Waals surface area contributed by atoms with Crippen molar-refractivity contribution in [1.29, 1.82) is 0 Å². The highest BCUT2D eigenvalue weighted by atomic mass is 32.2. The summed E-state index contributed by atoms with van der Waals surface area (Å²) in [6.45, 7) is 0.676. The van der Waals surface area contributed by atoms with Gasteiger partial charge in [0.25, 0.3) is 5.91 Å². The highest BCUT2D eigenvalue weighted by Crippen LogP contribution is 2.33. The number of fused-ring (bicyclic) bond motifs is 1. The number of benzene rings is 1. The van der Waals surface area contributed by atoms with Crippen molar-refractivity contribution in [2.75, 3.05) is 6.61 Å². The maximum Gasteiger partial charge on any atom is 0.255 e. The van der Waals surface area contributed by atoms with E-state index in [1.807, 2.05) is 49.4 Å². The fraction of sp³-hybridized carbons (Fsp3) is 0.474. The first kappa shape index (κ1) is 16.5. The zero-order chi connectivity index (χ0) is 17.2. The van der Waals surface area contributed by atoms with Crippen LogP contribution in [0.3, 0.4) is 0 Å². The van der Waals surface area contributed by atoms with E-state index in [1.165, 1.54) is 0 Å². The fourth-order valence-corrected chi connectivity index (χ4v) is 4.75. The van der Waals surface area contributed by atoms with Gasteiger partial charge in [0.1, 0.15) is 5.75 Å². The highest BCUT2D eigenvalue weighted by Gasteiger charge is 2.26. The summed E-state index contributed by atoms with van der Waals surface area (Å²) >= 11 is 1.85. The smallest absolute Gasteiger partial charge is 0.255 e. The molecule has 0 spiro atoms. The molecule has 0 bridgehead atoms. The summed E-state index contributed by atoms with van der Waals surface area (Å²) in [5.74, 6) is 0.776. The molecule has 1 aromatic heterocycles. The van der Waals surface area contributed by atoms with E-state index in [9.17, 15) is 4.79 Å². The van der Waals surface area contributed by atoms with Gasteiger partial charge in [-0.1, -0.05) is 23.9 Å². The van der Waals surface area contributed by atoms with Crippen LogP contribution < -0.4 is 10.1 Å². The van der Waals surface area contributed by atoms with Crippen molar-refractivity contribution in [2.45, 2.75) is 48.6 Å². The molecule has 1 aromatic carbocycles. The number of imidazole rings is 1. The van der Waals surface area contributed by atoms with E-state index >= 15 is 0 Å². The molecule has 0 saturated heterocycles. The van der Waals surface area contributed by atoms with Gasteiger partial charge in [0, 0.05) is 37.2 Å². The Labute approximate surface area is 152 Å². The molecular weight excluding hydrogens is 334 g/mol. The lowest BCUT2D eigenvalue weighted by atomic mass is 9.94. The quantitative estimate of drug-likeness (QED) is 0.913. The summed E-state index contributed by atoms with van der Waals surface area (Å²) in [7, 11) is 2.03. The Kier molecular flexibility index (Phi) is 4.70. The standard InChI is InChI=1S/C19H23N3O2S/c1-22-11-10-20-19(22)25-15-7-5-14(6-8-15)21-18(23)16-4-2-3-13-9-12-24-17(13)16/h2-4,10-11,14-15H,5-9,12H2,1H3,(H,21,23). The highest BCUT2D eigenvalue weighted by molar-refractivity contribution is 7.99. The number of ether oxygens (including phenoxy) is 1. The number of aromatic nitrogens is 2. The van der Waals surface area contributed by atoms with Crippen molar-refractivity contribution in [3.05, 3.63) is 41.7 Å². The van der Waals surface area contributed by atoms with Crippen LogP contribution in [-0.2, 0) is 13.5 Å². The monoisotopic (exact) mass is 357 g/mol. The number of hydrogen-bond donors (Lipinski definition) is 1. The molecule has 2 aromatic rings. The molecule has 0 radical (unpaired) electrons. The molecule has 132 valence electrons. The van der Waals surface area contributed by atoms with Gasteiger partial charge in [-0.15, -0.1) is 0 Å². The number of carbonyl (C=O) groups is 1. The molecular formula is C19H23N3O2S. The summed E-state index contributed by atoms with van der Waals surface area (Å²) < 4.78 is 7.72. The molecule has 1 N–H and O–H groups in total. The van der Waals surface area contributed by atoms with E-state index in [4.69, 9.17) is 4.74 Å². The summed E-state index contributed by atoms with van der Waals surface area (Å²) in [5, 5.41) is 4.86. The number of aryl methyl sites for hydroxylation is 1. The molecule has 5 nitrogen and oxygen atoms in total. The Bertz CT molecular complexity index is 766. The predicted molar refractivity (Wildman–Crippen MR) is 98.2 cm³/mol. The van der Waals surface area contributed by atoms with Crippen molar-refractivity contribution in [1.82, 2.24) is 14.9 Å². The molecule has 6 heteroatoms.